The second-order valence-electron chi connectivity index (χ2n) is 13.7. The Kier molecular flexibility index (Phi) is 18.2. The maximum absolute atomic E-state index is 12.7. The molecule has 2 N–H and O–H groups in total. The summed E-state index contributed by atoms with van der Waals surface area (Å²) >= 11 is 0. The summed E-state index contributed by atoms with van der Waals surface area (Å²) in [5.74, 6) is -2.08. The van der Waals surface area contributed by atoms with Gasteiger partial charge in [-0.3, -0.25) is 4.90 Å². The molecule has 0 rings (SSSR count). The molecule has 2 unspecified atom stereocenters. The topological polar surface area (TPSA) is 124 Å². The first-order chi connectivity index (χ1) is 19.7. The summed E-state index contributed by atoms with van der Waals surface area (Å²) in [5, 5.41) is 20.8. The van der Waals surface area contributed by atoms with E-state index in [0.29, 0.717) is 19.0 Å². The monoisotopic (exact) mass is 667 g/mol. The third-order valence-electron chi connectivity index (χ3n) is 9.40. The summed E-state index contributed by atoms with van der Waals surface area (Å²) in [6, 6.07) is 0.496. The van der Waals surface area contributed by atoms with Gasteiger partial charge in [-0.25, -0.2) is 9.59 Å². The van der Waals surface area contributed by atoms with Gasteiger partial charge in [0.25, 0.3) is 0 Å². The molecular formula is C30H65NO9Si3. The molecule has 0 amide bonds. The second kappa shape index (κ2) is 18.5. The molecule has 2 atom stereocenters. The normalized spacial score (nSPS) is 15.1. The lowest BCUT2D eigenvalue weighted by Crippen LogP contribution is -2.56. The summed E-state index contributed by atoms with van der Waals surface area (Å²) in [5.41, 5.74) is 1.19. The number of hydrogen-bond acceptors (Lipinski definition) is 8. The van der Waals surface area contributed by atoms with Crippen molar-refractivity contribution in [3.63, 3.8) is 0 Å². The highest BCUT2D eigenvalue weighted by Crippen LogP contribution is 2.44. The lowest BCUT2D eigenvalue weighted by atomic mass is 10.2. The van der Waals surface area contributed by atoms with Gasteiger partial charge in [0.1, 0.15) is 0 Å². The summed E-state index contributed by atoms with van der Waals surface area (Å²) in [4.78, 5) is 27.4. The van der Waals surface area contributed by atoms with Crippen LogP contribution >= 0.6 is 0 Å². The Morgan fingerprint density at radius 3 is 1.07 bits per heavy atom. The number of rotatable bonds is 23. The van der Waals surface area contributed by atoms with Gasteiger partial charge in [0.05, 0.1) is 0 Å². The number of carboxylic acids is 2. The highest BCUT2D eigenvalue weighted by atomic mass is 28.4. The van der Waals surface area contributed by atoms with E-state index in [1.54, 1.807) is 21.3 Å². The van der Waals surface area contributed by atoms with E-state index in [0.717, 1.165) is 0 Å². The molecule has 0 radical (unpaired) electrons. The van der Waals surface area contributed by atoms with Crippen molar-refractivity contribution >= 4 is 37.4 Å². The number of carboxylic acid groups (broad SMARTS) is 2. The third kappa shape index (κ3) is 10.7. The van der Waals surface area contributed by atoms with Crippen molar-refractivity contribution in [1.82, 2.24) is 4.90 Å². The molecule has 0 heterocycles. The SMILES string of the molecule is CO[Si](CCCN(CC(O[Si](C(C)C)(C(C)C)C(C)C)C(=O)O)CC(O[Si](C(C)C)(C(C)C)C(C)C)C(=O)O)(OC)OC. The van der Waals surface area contributed by atoms with Gasteiger partial charge >= 0.3 is 20.7 Å². The minimum Gasteiger partial charge on any atom is -0.479 e. The van der Waals surface area contributed by atoms with Crippen molar-refractivity contribution in [1.29, 1.82) is 0 Å². The van der Waals surface area contributed by atoms with Crippen LogP contribution in [0.5, 0.6) is 0 Å². The largest absolute Gasteiger partial charge is 0.500 e. The van der Waals surface area contributed by atoms with E-state index < -0.39 is 49.6 Å². The number of hydrogen-bond donors (Lipinski definition) is 2. The molecule has 0 aliphatic rings. The molecule has 0 spiro atoms. The fourth-order valence-electron chi connectivity index (χ4n) is 7.44. The smallest absolute Gasteiger partial charge is 0.479 e. The molecule has 256 valence electrons. The van der Waals surface area contributed by atoms with E-state index in [-0.39, 0.29) is 46.3 Å². The zero-order valence-corrected chi connectivity index (χ0v) is 32.9. The molecule has 13 heteroatoms. The molecule has 0 saturated carbocycles. The van der Waals surface area contributed by atoms with Crippen LogP contribution in [0.1, 0.15) is 89.5 Å². The zero-order chi connectivity index (χ0) is 33.9. The van der Waals surface area contributed by atoms with Gasteiger partial charge in [-0.2, -0.15) is 0 Å². The molecular weight excluding hydrogens is 603 g/mol. The first-order valence-electron chi connectivity index (χ1n) is 15.9. The first-order valence-corrected chi connectivity index (χ1v) is 22.1. The van der Waals surface area contributed by atoms with Gasteiger partial charge in [0.2, 0.25) is 16.6 Å². The van der Waals surface area contributed by atoms with Crippen molar-refractivity contribution < 1.29 is 41.9 Å². The van der Waals surface area contributed by atoms with Crippen LogP contribution in [0.4, 0.5) is 0 Å². The first kappa shape index (κ1) is 42.4. The molecule has 0 aliphatic carbocycles. The van der Waals surface area contributed by atoms with Gasteiger partial charge in [-0.1, -0.05) is 83.1 Å². The molecule has 0 aromatic rings. The van der Waals surface area contributed by atoms with Crippen molar-refractivity contribution in [2.45, 2.75) is 141 Å². The van der Waals surface area contributed by atoms with Crippen LogP contribution in [0.15, 0.2) is 0 Å². The van der Waals surface area contributed by atoms with Crippen LogP contribution in [0, 0.1) is 0 Å². The number of aliphatic carboxylic acids is 2. The third-order valence-corrected chi connectivity index (χ3v) is 24.4. The predicted octanol–water partition coefficient (Wildman–Crippen LogP) is 6.85. The van der Waals surface area contributed by atoms with Crippen LogP contribution in [0.25, 0.3) is 0 Å². The lowest BCUT2D eigenvalue weighted by molar-refractivity contribution is -0.148. The summed E-state index contributed by atoms with van der Waals surface area (Å²) in [7, 11) is -3.30. The number of carbonyl (C=O) groups is 2. The minimum absolute atomic E-state index is 0.0461. The Morgan fingerprint density at radius 2 is 0.860 bits per heavy atom. The van der Waals surface area contributed by atoms with E-state index >= 15 is 0 Å². The Bertz CT molecular complexity index is 730. The van der Waals surface area contributed by atoms with Gasteiger partial charge in [-0.05, 0) is 46.2 Å². The van der Waals surface area contributed by atoms with Crippen molar-refractivity contribution in [2.24, 2.45) is 0 Å². The van der Waals surface area contributed by atoms with Gasteiger partial charge in [-0.15, -0.1) is 0 Å². The molecule has 0 aromatic carbocycles. The molecule has 0 bridgehead atoms. The van der Waals surface area contributed by atoms with Crippen LogP contribution in [-0.2, 0) is 31.7 Å². The van der Waals surface area contributed by atoms with Crippen molar-refractivity contribution in [2.75, 3.05) is 41.0 Å². The molecule has 43 heavy (non-hydrogen) atoms. The molecule has 0 aromatic heterocycles. The molecule has 0 aliphatic heterocycles. The van der Waals surface area contributed by atoms with Crippen molar-refractivity contribution in [3.05, 3.63) is 0 Å². The van der Waals surface area contributed by atoms with E-state index in [2.05, 4.69) is 83.1 Å². The summed E-state index contributed by atoms with van der Waals surface area (Å²) in [6.45, 7) is 25.9. The van der Waals surface area contributed by atoms with Crippen molar-refractivity contribution in [3.8, 4) is 0 Å². The van der Waals surface area contributed by atoms with E-state index in [4.69, 9.17) is 22.1 Å². The Labute approximate surface area is 265 Å². The predicted molar refractivity (Wildman–Crippen MR) is 180 cm³/mol. The molecule has 0 fully saturated rings. The average Bonchev–Trinajstić information content (AvgIpc) is 2.89. The van der Waals surface area contributed by atoms with Gasteiger partial charge in [0.15, 0.2) is 12.2 Å². The highest BCUT2D eigenvalue weighted by molar-refractivity contribution is 6.78. The van der Waals surface area contributed by atoms with Crippen LogP contribution in [0.3, 0.4) is 0 Å². The Hall–Kier alpha value is -0.649. The maximum atomic E-state index is 12.7. The quantitative estimate of drug-likeness (QED) is 0.112. The van der Waals surface area contributed by atoms with Crippen LogP contribution in [-0.4, -0.2) is 106 Å². The van der Waals surface area contributed by atoms with E-state index in [1.807, 2.05) is 4.90 Å². The maximum Gasteiger partial charge on any atom is 0.500 e. The Balaban J connectivity index is 6.63. The standard InChI is InChI=1S/C30H65NO9Si3/c1-21(2)42(22(3)4,23(5)6)39-27(29(32)33)19-31(17-16-18-41(36-13,37-14)38-15)20-28(30(34)35)40-43(24(7)8,25(9)10)26(11)12/h21-28H,16-20H2,1-15H3,(H,32,33)(H,34,35). The van der Waals surface area contributed by atoms with Gasteiger partial charge in [0, 0.05) is 40.5 Å². The zero-order valence-electron chi connectivity index (χ0n) is 29.9. The molecule has 0 saturated heterocycles. The Morgan fingerprint density at radius 1 is 0.581 bits per heavy atom. The fraction of sp³-hybridized carbons (Fsp3) is 0.933. The van der Waals surface area contributed by atoms with E-state index in [9.17, 15) is 19.8 Å². The summed E-state index contributed by atoms with van der Waals surface area (Å²) in [6.07, 6.45) is -1.65. The van der Waals surface area contributed by atoms with Gasteiger partial charge < -0.3 is 32.3 Å². The van der Waals surface area contributed by atoms with Crippen LogP contribution < -0.4 is 0 Å². The number of nitrogens with zero attached hydrogens (tertiary/aromatic N) is 1. The summed E-state index contributed by atoms with van der Waals surface area (Å²) < 4.78 is 30.3. The minimum atomic E-state index is -2.88. The van der Waals surface area contributed by atoms with Crippen LogP contribution in [0.2, 0.25) is 39.3 Å². The molecule has 10 nitrogen and oxygen atoms in total. The lowest BCUT2D eigenvalue weighted by Gasteiger charge is -2.45. The fourth-order valence-corrected chi connectivity index (χ4v) is 20.1. The highest BCUT2D eigenvalue weighted by Gasteiger charge is 2.50. The average molecular weight is 668 g/mol. The van der Waals surface area contributed by atoms with E-state index in [1.165, 1.54) is 0 Å². The second-order valence-corrected chi connectivity index (χ2v) is 27.6.